The van der Waals surface area contributed by atoms with E-state index in [1.54, 1.807) is 18.9 Å². The molecule has 0 aromatic rings. The lowest BCUT2D eigenvalue weighted by atomic mass is 9.98. The monoisotopic (exact) mass is 182 g/mol. The molecule has 1 amide bonds. The molecule has 0 bridgehead atoms. The number of rotatable bonds is 3. The maximum Gasteiger partial charge on any atom is 0.239 e. The number of nitrogens with zero attached hydrogens (tertiary/aromatic N) is 2. The smallest absolute Gasteiger partial charge is 0.239 e. The van der Waals surface area contributed by atoms with Crippen LogP contribution in [-0.2, 0) is 4.79 Å². The molecule has 0 heterocycles. The first-order chi connectivity index (χ1) is 5.86. The van der Waals surface area contributed by atoms with Crippen LogP contribution >= 0.6 is 0 Å². The zero-order chi connectivity index (χ0) is 10.6. The fraction of sp³-hybridized carbons (Fsp3) is 0.800. The van der Waals surface area contributed by atoms with Crippen LogP contribution in [0.4, 0.5) is 0 Å². The van der Waals surface area contributed by atoms with Gasteiger partial charge >= 0.3 is 0 Å². The van der Waals surface area contributed by atoms with Crippen LogP contribution in [0.2, 0.25) is 0 Å². The first kappa shape index (κ1) is 12.0. The van der Waals surface area contributed by atoms with Gasteiger partial charge < -0.3 is 4.90 Å². The van der Waals surface area contributed by atoms with Gasteiger partial charge in [-0.25, -0.2) is 0 Å². The van der Waals surface area contributed by atoms with E-state index in [9.17, 15) is 4.79 Å². The van der Waals surface area contributed by atoms with Gasteiger partial charge in [-0.05, 0) is 27.2 Å². The highest BCUT2D eigenvalue weighted by molar-refractivity contribution is 5.81. The lowest BCUT2D eigenvalue weighted by Gasteiger charge is -2.35. The molecule has 3 nitrogen and oxygen atoms in total. The Morgan fingerprint density at radius 3 is 2.38 bits per heavy atom. The van der Waals surface area contributed by atoms with Gasteiger partial charge in [0.1, 0.15) is 5.92 Å². The number of hydrogen-bond acceptors (Lipinski definition) is 2. The first-order valence-corrected chi connectivity index (χ1v) is 4.54. The van der Waals surface area contributed by atoms with Crippen molar-refractivity contribution in [1.82, 2.24) is 4.90 Å². The summed E-state index contributed by atoms with van der Waals surface area (Å²) in [6.45, 7) is 7.65. The lowest BCUT2D eigenvalue weighted by molar-refractivity contribution is -0.136. The van der Waals surface area contributed by atoms with Crippen LogP contribution in [0.5, 0.6) is 0 Å². The van der Waals surface area contributed by atoms with Crippen molar-refractivity contribution < 1.29 is 4.79 Å². The molecule has 0 saturated carbocycles. The van der Waals surface area contributed by atoms with Crippen LogP contribution in [0.25, 0.3) is 0 Å². The minimum atomic E-state index is -0.546. The summed E-state index contributed by atoms with van der Waals surface area (Å²) < 4.78 is 0. The summed E-state index contributed by atoms with van der Waals surface area (Å²) in [4.78, 5) is 13.2. The Bertz CT molecular complexity index is 228. The highest BCUT2D eigenvalue weighted by Gasteiger charge is 2.28. The second-order valence-electron chi connectivity index (χ2n) is 3.91. The fourth-order valence-electron chi connectivity index (χ4n) is 0.881. The Hall–Kier alpha value is -1.04. The minimum absolute atomic E-state index is 0.102. The lowest BCUT2D eigenvalue weighted by Crippen LogP contribution is -2.46. The van der Waals surface area contributed by atoms with Crippen molar-refractivity contribution in [3.05, 3.63) is 0 Å². The second kappa shape index (κ2) is 4.27. The zero-order valence-electron chi connectivity index (χ0n) is 9.09. The molecule has 0 aliphatic heterocycles. The normalized spacial score (nSPS) is 13.2. The minimum Gasteiger partial charge on any atom is -0.340 e. The fourth-order valence-corrected chi connectivity index (χ4v) is 0.881. The van der Waals surface area contributed by atoms with Crippen molar-refractivity contribution in [1.29, 1.82) is 5.26 Å². The Morgan fingerprint density at radius 1 is 1.62 bits per heavy atom. The van der Waals surface area contributed by atoms with Crippen molar-refractivity contribution in [3.63, 3.8) is 0 Å². The molecule has 0 spiro atoms. The zero-order valence-corrected chi connectivity index (χ0v) is 9.09. The molecule has 1 unspecified atom stereocenters. The van der Waals surface area contributed by atoms with Crippen LogP contribution in [-0.4, -0.2) is 23.4 Å². The van der Waals surface area contributed by atoms with Gasteiger partial charge in [-0.3, -0.25) is 4.79 Å². The van der Waals surface area contributed by atoms with Gasteiger partial charge in [-0.1, -0.05) is 6.92 Å². The maximum atomic E-state index is 11.6. The summed E-state index contributed by atoms with van der Waals surface area (Å²) >= 11 is 0. The van der Waals surface area contributed by atoms with Gasteiger partial charge in [0, 0.05) is 12.6 Å². The molecule has 0 aromatic heterocycles. The third-order valence-electron chi connectivity index (χ3n) is 2.67. The van der Waals surface area contributed by atoms with Crippen LogP contribution in [0.3, 0.4) is 0 Å². The highest BCUT2D eigenvalue weighted by Crippen LogP contribution is 2.18. The van der Waals surface area contributed by atoms with E-state index in [1.807, 2.05) is 26.8 Å². The third-order valence-corrected chi connectivity index (χ3v) is 2.67. The predicted molar refractivity (Wildman–Crippen MR) is 51.9 cm³/mol. The highest BCUT2D eigenvalue weighted by atomic mass is 16.2. The average molecular weight is 182 g/mol. The molecule has 13 heavy (non-hydrogen) atoms. The summed E-state index contributed by atoms with van der Waals surface area (Å²) in [5.41, 5.74) is -0.164. The Kier molecular flexibility index (Phi) is 3.93. The SMILES string of the molecule is CCC(C)(C)N(C)C(=O)C(C)C#N. The van der Waals surface area contributed by atoms with Gasteiger partial charge in [-0.15, -0.1) is 0 Å². The standard InChI is InChI=1S/C10H18N2O/c1-6-10(3,4)12(5)9(13)8(2)7-11/h8H,6H2,1-5H3. The van der Waals surface area contributed by atoms with Crippen LogP contribution in [0.1, 0.15) is 34.1 Å². The molecule has 0 aliphatic carbocycles. The summed E-state index contributed by atoms with van der Waals surface area (Å²) in [6.07, 6.45) is 0.882. The maximum absolute atomic E-state index is 11.6. The van der Waals surface area contributed by atoms with E-state index >= 15 is 0 Å². The molecular formula is C10H18N2O. The van der Waals surface area contributed by atoms with Gasteiger partial charge in [0.25, 0.3) is 0 Å². The van der Waals surface area contributed by atoms with E-state index in [-0.39, 0.29) is 11.4 Å². The average Bonchev–Trinajstić information content (AvgIpc) is 2.14. The molecule has 0 rings (SSSR count). The summed E-state index contributed by atoms with van der Waals surface area (Å²) in [7, 11) is 1.75. The molecule has 3 heteroatoms. The van der Waals surface area contributed by atoms with Gasteiger partial charge in [0.15, 0.2) is 0 Å². The molecular weight excluding hydrogens is 164 g/mol. The molecule has 74 valence electrons. The predicted octanol–water partition coefficient (Wildman–Crippen LogP) is 1.79. The van der Waals surface area contributed by atoms with Crippen molar-refractivity contribution in [3.8, 4) is 6.07 Å². The van der Waals surface area contributed by atoms with Crippen LogP contribution in [0, 0.1) is 17.2 Å². The molecule has 0 saturated heterocycles. The van der Waals surface area contributed by atoms with Gasteiger partial charge in [0.05, 0.1) is 6.07 Å². The van der Waals surface area contributed by atoms with E-state index < -0.39 is 5.92 Å². The van der Waals surface area contributed by atoms with E-state index in [0.717, 1.165) is 6.42 Å². The Balaban J connectivity index is 4.53. The molecule has 0 N–H and O–H groups in total. The van der Waals surface area contributed by atoms with Crippen LogP contribution in [0.15, 0.2) is 0 Å². The van der Waals surface area contributed by atoms with Gasteiger partial charge in [-0.2, -0.15) is 5.26 Å². The van der Waals surface area contributed by atoms with Crippen molar-refractivity contribution in [2.24, 2.45) is 5.92 Å². The van der Waals surface area contributed by atoms with Gasteiger partial charge in [0.2, 0.25) is 5.91 Å². The van der Waals surface area contributed by atoms with Crippen molar-refractivity contribution >= 4 is 5.91 Å². The van der Waals surface area contributed by atoms with Crippen LogP contribution < -0.4 is 0 Å². The molecule has 0 aliphatic rings. The Labute approximate surface area is 80.3 Å². The molecule has 0 fully saturated rings. The van der Waals surface area contributed by atoms with E-state index in [1.165, 1.54) is 0 Å². The first-order valence-electron chi connectivity index (χ1n) is 4.54. The van der Waals surface area contributed by atoms with E-state index in [4.69, 9.17) is 5.26 Å². The topological polar surface area (TPSA) is 44.1 Å². The molecule has 0 radical (unpaired) electrons. The third kappa shape index (κ3) is 2.73. The van der Waals surface area contributed by atoms with E-state index in [2.05, 4.69) is 0 Å². The second-order valence-corrected chi connectivity index (χ2v) is 3.91. The van der Waals surface area contributed by atoms with Crippen molar-refractivity contribution in [2.45, 2.75) is 39.7 Å². The summed E-state index contributed by atoms with van der Waals surface area (Å²) in [5, 5.41) is 8.60. The number of carbonyl (C=O) groups is 1. The Morgan fingerprint density at radius 2 is 2.08 bits per heavy atom. The summed E-state index contributed by atoms with van der Waals surface area (Å²) in [6, 6.07) is 1.95. The van der Waals surface area contributed by atoms with Crippen molar-refractivity contribution in [2.75, 3.05) is 7.05 Å². The quantitative estimate of drug-likeness (QED) is 0.668. The number of amides is 1. The number of nitriles is 1. The number of carbonyl (C=O) groups excluding carboxylic acids is 1. The summed E-state index contributed by atoms with van der Waals surface area (Å²) in [5.74, 6) is -0.648. The molecule has 1 atom stereocenters. The van der Waals surface area contributed by atoms with E-state index in [0.29, 0.717) is 0 Å². The largest absolute Gasteiger partial charge is 0.340 e. The molecule has 0 aromatic carbocycles. The number of hydrogen-bond donors (Lipinski definition) is 0.